The zero-order valence-corrected chi connectivity index (χ0v) is 23.5. The summed E-state index contributed by atoms with van der Waals surface area (Å²) < 4.78 is 4.39. The molecule has 2 atom stereocenters. The summed E-state index contributed by atoms with van der Waals surface area (Å²) in [5.41, 5.74) is 7.54. The van der Waals surface area contributed by atoms with E-state index in [9.17, 15) is 14.4 Å². The van der Waals surface area contributed by atoms with Crippen LogP contribution in [0.3, 0.4) is 0 Å². The first-order chi connectivity index (χ1) is 19.5. The van der Waals surface area contributed by atoms with Crippen molar-refractivity contribution in [1.29, 1.82) is 0 Å². The maximum absolute atomic E-state index is 13.7. The highest BCUT2D eigenvalue weighted by atomic mass is 16.4. The molecule has 4 heterocycles. The quantitative estimate of drug-likeness (QED) is 0.292. The summed E-state index contributed by atoms with van der Waals surface area (Å²) in [6, 6.07) is 7.71. The number of piperidine rings is 1. The van der Waals surface area contributed by atoms with Crippen LogP contribution in [0.2, 0.25) is 0 Å². The number of hydrogen-bond acceptors (Lipinski definition) is 9. The molecule has 0 radical (unpaired) electrons. The van der Waals surface area contributed by atoms with E-state index in [1.54, 1.807) is 18.5 Å². The van der Waals surface area contributed by atoms with Crippen molar-refractivity contribution in [3.8, 4) is 11.8 Å². The molecular formula is C28H34N8O5. The van der Waals surface area contributed by atoms with Gasteiger partial charge in [-0.15, -0.1) is 5.92 Å². The number of nitrogens with two attached hydrogens (primary N) is 1. The Morgan fingerprint density at radius 2 is 1.90 bits per heavy atom. The highest BCUT2D eigenvalue weighted by Crippen LogP contribution is 2.23. The van der Waals surface area contributed by atoms with Crippen LogP contribution in [-0.2, 0) is 24.9 Å². The van der Waals surface area contributed by atoms with E-state index >= 15 is 0 Å². The lowest BCUT2D eigenvalue weighted by Crippen LogP contribution is -2.44. The molecule has 0 amide bonds. The van der Waals surface area contributed by atoms with Gasteiger partial charge < -0.3 is 20.8 Å². The van der Waals surface area contributed by atoms with Gasteiger partial charge in [-0.2, -0.15) is 4.98 Å². The summed E-state index contributed by atoms with van der Waals surface area (Å²) in [6.07, 6.45) is 0.651. The maximum atomic E-state index is 13.7. The topological polar surface area (TPSA) is 174 Å². The fourth-order valence-corrected chi connectivity index (χ4v) is 4.75. The zero-order chi connectivity index (χ0) is 29.8. The first-order valence-corrected chi connectivity index (χ1v) is 13.3. The Kier molecular flexibility index (Phi) is 8.85. The van der Waals surface area contributed by atoms with Gasteiger partial charge in [-0.05, 0) is 39.7 Å². The number of carboxylic acid groups (broad SMARTS) is 1. The summed E-state index contributed by atoms with van der Waals surface area (Å²) in [7, 11) is 1.63. The molecule has 1 unspecified atom stereocenters. The highest BCUT2D eigenvalue weighted by molar-refractivity contribution is 5.80. The Morgan fingerprint density at radius 1 is 1.20 bits per heavy atom. The van der Waals surface area contributed by atoms with Gasteiger partial charge in [-0.25, -0.2) is 19.6 Å². The van der Waals surface area contributed by atoms with Crippen molar-refractivity contribution >= 4 is 34.0 Å². The molecule has 13 nitrogen and oxygen atoms in total. The largest absolute Gasteiger partial charge is 0.479 e. The molecule has 4 N–H and O–H groups in total. The van der Waals surface area contributed by atoms with Crippen LogP contribution in [0.15, 0.2) is 33.9 Å². The molecule has 216 valence electrons. The van der Waals surface area contributed by atoms with Crippen molar-refractivity contribution < 1.29 is 15.0 Å². The number of aliphatic carboxylic acids is 1. The maximum Gasteiger partial charge on any atom is 0.332 e. The van der Waals surface area contributed by atoms with E-state index in [2.05, 4.69) is 26.7 Å². The highest BCUT2D eigenvalue weighted by Gasteiger charge is 2.26. The van der Waals surface area contributed by atoms with Gasteiger partial charge in [0.15, 0.2) is 11.2 Å². The lowest BCUT2D eigenvalue weighted by atomic mass is 10.1. The Balaban J connectivity index is 0.000000585. The molecule has 0 aliphatic carbocycles. The summed E-state index contributed by atoms with van der Waals surface area (Å²) in [5, 5.41) is 16.7. The molecule has 4 aromatic rings. The lowest BCUT2D eigenvalue weighted by molar-refractivity contribution is -0.145. The number of fused-ring (bicyclic) bond motifs is 2. The van der Waals surface area contributed by atoms with Gasteiger partial charge in [-0.1, -0.05) is 24.1 Å². The van der Waals surface area contributed by atoms with Crippen LogP contribution in [0.5, 0.6) is 0 Å². The predicted molar refractivity (Wildman–Crippen MR) is 155 cm³/mol. The smallest absolute Gasteiger partial charge is 0.332 e. The van der Waals surface area contributed by atoms with Crippen LogP contribution < -0.4 is 21.9 Å². The average Bonchev–Trinajstić information content (AvgIpc) is 3.33. The summed E-state index contributed by atoms with van der Waals surface area (Å²) in [4.78, 5) is 52.4. The Hall–Kier alpha value is -4.54. The molecule has 13 heteroatoms. The molecule has 41 heavy (non-hydrogen) atoms. The van der Waals surface area contributed by atoms with Crippen LogP contribution in [0.1, 0.15) is 38.2 Å². The number of carbonyl (C=O) groups is 1. The van der Waals surface area contributed by atoms with Crippen LogP contribution in [0, 0.1) is 18.8 Å². The summed E-state index contributed by atoms with van der Waals surface area (Å²) >= 11 is 0. The van der Waals surface area contributed by atoms with Crippen molar-refractivity contribution in [1.82, 2.24) is 28.7 Å². The Morgan fingerprint density at radius 3 is 2.56 bits per heavy atom. The zero-order valence-electron chi connectivity index (χ0n) is 23.5. The number of hydrogen-bond donors (Lipinski definition) is 3. The van der Waals surface area contributed by atoms with Gasteiger partial charge in [0.1, 0.15) is 11.9 Å². The molecule has 1 aliphatic rings. The number of rotatable bonds is 5. The first-order valence-electron chi connectivity index (χ1n) is 13.3. The molecule has 0 spiro atoms. The van der Waals surface area contributed by atoms with Crippen molar-refractivity contribution in [2.24, 2.45) is 12.8 Å². The van der Waals surface area contributed by atoms with Gasteiger partial charge in [0.25, 0.3) is 5.56 Å². The van der Waals surface area contributed by atoms with E-state index in [-0.39, 0.29) is 19.1 Å². The Labute approximate surface area is 235 Å². The molecule has 0 saturated carbocycles. The lowest BCUT2D eigenvalue weighted by Gasteiger charge is -2.31. The van der Waals surface area contributed by atoms with Crippen LogP contribution in [-0.4, -0.2) is 70.1 Å². The number of aliphatic hydroxyl groups is 1. The van der Waals surface area contributed by atoms with Crippen molar-refractivity contribution in [2.45, 2.75) is 58.8 Å². The average molecular weight is 563 g/mol. The predicted octanol–water partition coefficient (Wildman–Crippen LogP) is 0.599. The number of aromatic nitrogens is 6. The second-order valence-electron chi connectivity index (χ2n) is 9.93. The third-order valence-electron chi connectivity index (χ3n) is 6.86. The van der Waals surface area contributed by atoms with E-state index in [1.165, 1.54) is 16.1 Å². The minimum Gasteiger partial charge on any atom is -0.479 e. The first kappa shape index (κ1) is 29.4. The monoisotopic (exact) mass is 562 g/mol. The van der Waals surface area contributed by atoms with E-state index < -0.39 is 23.3 Å². The summed E-state index contributed by atoms with van der Waals surface area (Å²) in [6.45, 7) is 6.50. The van der Waals surface area contributed by atoms with E-state index in [0.29, 0.717) is 29.5 Å². The van der Waals surface area contributed by atoms with E-state index in [0.717, 1.165) is 36.0 Å². The fraction of sp³-hybridized carbons (Fsp3) is 0.429. The van der Waals surface area contributed by atoms with Gasteiger partial charge in [-0.3, -0.25) is 18.5 Å². The normalized spacial score (nSPS) is 15.7. The van der Waals surface area contributed by atoms with Crippen LogP contribution >= 0.6 is 0 Å². The number of carboxylic acids is 1. The fourth-order valence-electron chi connectivity index (χ4n) is 4.75. The third kappa shape index (κ3) is 6.13. The molecule has 3 aromatic heterocycles. The van der Waals surface area contributed by atoms with Gasteiger partial charge in [0.05, 0.1) is 18.6 Å². The Bertz CT molecular complexity index is 1780. The number of nitrogens with zero attached hydrogens (tertiary/aromatic N) is 7. The second-order valence-corrected chi connectivity index (χ2v) is 9.93. The minimum atomic E-state index is -1.23. The number of anilines is 1. The molecular weight excluding hydrogens is 528 g/mol. The number of para-hydroxylation sites is 1. The van der Waals surface area contributed by atoms with Gasteiger partial charge >= 0.3 is 11.7 Å². The standard InChI is InChI=1S/C25H28N8O2.C3H6O3/c1-4-5-13-32-21-22(29-24(32)31-12-8-9-17(26)14-31)30(3)25(35)33(23(21)34)15-20-27-16(2)18-10-6-7-11-19(18)28-20;1-2(4)3(5)6/h6-7,10-11,17H,8-9,12-15,26H2,1-3H3;2,4H,1H3,(H,5,6)/t17-;/m1./s1. The van der Waals surface area contributed by atoms with Crippen LogP contribution in [0.4, 0.5) is 5.95 Å². The molecule has 1 aliphatic heterocycles. The molecule has 0 bridgehead atoms. The van der Waals surface area contributed by atoms with Crippen LogP contribution in [0.25, 0.3) is 22.1 Å². The number of aryl methyl sites for hydroxylation is 2. The molecule has 1 aromatic carbocycles. The van der Waals surface area contributed by atoms with Crippen molar-refractivity contribution in [3.63, 3.8) is 0 Å². The SMILES string of the molecule is CC#CCn1c(N2CCC[C@@H](N)C2)nc2c1c(=O)n(Cc1nc(C)c3ccccc3n1)c(=O)n2C.CC(O)C(=O)O. The molecule has 1 fully saturated rings. The van der Waals surface area contributed by atoms with E-state index in [4.69, 9.17) is 20.9 Å². The minimum absolute atomic E-state index is 0.0306. The third-order valence-corrected chi connectivity index (χ3v) is 6.86. The van der Waals surface area contributed by atoms with E-state index in [1.807, 2.05) is 31.2 Å². The number of benzene rings is 1. The van der Waals surface area contributed by atoms with Gasteiger partial charge in [0, 0.05) is 37.3 Å². The second kappa shape index (κ2) is 12.3. The number of imidazole rings is 1. The number of aliphatic hydroxyl groups excluding tert-OH is 1. The summed E-state index contributed by atoms with van der Waals surface area (Å²) in [5.74, 6) is 5.77. The van der Waals surface area contributed by atoms with Gasteiger partial charge in [0.2, 0.25) is 5.95 Å². The van der Waals surface area contributed by atoms with Crippen molar-refractivity contribution in [3.05, 3.63) is 56.6 Å². The van der Waals surface area contributed by atoms with Crippen molar-refractivity contribution in [2.75, 3.05) is 18.0 Å². The molecule has 1 saturated heterocycles. The molecule has 5 rings (SSSR count).